The molecule has 0 aliphatic carbocycles. The first-order chi connectivity index (χ1) is 7.70. The smallest absolute Gasteiger partial charge is 0.236 e. The van der Waals surface area contributed by atoms with Crippen molar-refractivity contribution in [3.05, 3.63) is 0 Å². The Bertz CT molecular complexity index is 270. The summed E-state index contributed by atoms with van der Waals surface area (Å²) in [6.07, 6.45) is 0. The van der Waals surface area contributed by atoms with E-state index in [4.69, 9.17) is 0 Å². The van der Waals surface area contributed by atoms with Gasteiger partial charge in [0.05, 0.1) is 6.54 Å². The maximum absolute atomic E-state index is 12.1. The largest absolute Gasteiger partial charge is 0.340 e. The highest BCUT2D eigenvalue weighted by atomic mass is 16.2. The van der Waals surface area contributed by atoms with Crippen molar-refractivity contribution in [2.75, 3.05) is 33.7 Å². The van der Waals surface area contributed by atoms with Gasteiger partial charge in [0.15, 0.2) is 0 Å². The molecule has 1 amide bonds. The van der Waals surface area contributed by atoms with E-state index in [2.05, 4.69) is 52.0 Å². The van der Waals surface area contributed by atoms with Crippen LogP contribution in [0.15, 0.2) is 0 Å². The van der Waals surface area contributed by atoms with E-state index in [1.807, 2.05) is 4.90 Å². The molecule has 0 bridgehead atoms. The number of hydrogen-bond donors (Lipinski definition) is 1. The lowest BCUT2D eigenvalue weighted by molar-refractivity contribution is -0.129. The van der Waals surface area contributed by atoms with Crippen LogP contribution in [0.5, 0.6) is 0 Å². The van der Waals surface area contributed by atoms with Crippen LogP contribution in [0.1, 0.15) is 27.7 Å². The molecule has 100 valence electrons. The molecule has 2 unspecified atom stereocenters. The summed E-state index contributed by atoms with van der Waals surface area (Å²) in [5, 5.41) is 3.25. The van der Waals surface area contributed by atoms with Crippen molar-refractivity contribution < 1.29 is 4.79 Å². The van der Waals surface area contributed by atoms with Crippen molar-refractivity contribution in [3.8, 4) is 0 Å². The van der Waals surface area contributed by atoms with E-state index < -0.39 is 0 Å². The van der Waals surface area contributed by atoms with Crippen LogP contribution in [-0.4, -0.2) is 61.0 Å². The van der Waals surface area contributed by atoms with Crippen LogP contribution in [0.25, 0.3) is 0 Å². The molecule has 1 heterocycles. The summed E-state index contributed by atoms with van der Waals surface area (Å²) >= 11 is 0. The summed E-state index contributed by atoms with van der Waals surface area (Å²) < 4.78 is 0. The molecule has 0 radical (unpaired) electrons. The summed E-state index contributed by atoms with van der Waals surface area (Å²) in [5.41, 5.74) is 0.00193. The van der Waals surface area contributed by atoms with Gasteiger partial charge in [-0.2, -0.15) is 0 Å². The number of likely N-dealkylation sites (N-methyl/N-ethyl adjacent to an activating group) is 1. The second kappa shape index (κ2) is 5.36. The first kappa shape index (κ1) is 14.5. The minimum Gasteiger partial charge on any atom is -0.340 e. The van der Waals surface area contributed by atoms with Crippen molar-refractivity contribution in [1.82, 2.24) is 15.1 Å². The lowest BCUT2D eigenvalue weighted by Gasteiger charge is -2.24. The van der Waals surface area contributed by atoms with E-state index in [0.717, 1.165) is 13.1 Å². The maximum Gasteiger partial charge on any atom is 0.236 e. The zero-order chi connectivity index (χ0) is 13.2. The highest BCUT2D eigenvalue weighted by molar-refractivity contribution is 5.78. The molecule has 1 aliphatic heterocycles. The predicted molar refractivity (Wildman–Crippen MR) is 71.0 cm³/mol. The Morgan fingerprint density at radius 3 is 2.35 bits per heavy atom. The van der Waals surface area contributed by atoms with Crippen LogP contribution in [0.3, 0.4) is 0 Å². The van der Waals surface area contributed by atoms with Crippen LogP contribution in [0.4, 0.5) is 0 Å². The van der Waals surface area contributed by atoms with Gasteiger partial charge in [-0.1, -0.05) is 6.92 Å². The summed E-state index contributed by atoms with van der Waals surface area (Å²) in [4.78, 5) is 16.2. The normalized spacial score (nSPS) is 25.7. The zero-order valence-corrected chi connectivity index (χ0v) is 12.1. The number of amides is 1. The standard InChI is InChI=1S/C13H27N3O/c1-10-8-16(9-11(10)15(5)6)12(17)7-14-13(2,3)4/h10-11,14H,7-9H2,1-6H3. The topological polar surface area (TPSA) is 35.6 Å². The first-order valence-corrected chi connectivity index (χ1v) is 6.40. The fourth-order valence-electron chi connectivity index (χ4n) is 2.28. The highest BCUT2D eigenvalue weighted by Gasteiger charge is 2.33. The number of rotatable bonds is 3. The van der Waals surface area contributed by atoms with Crippen molar-refractivity contribution >= 4 is 5.91 Å². The Morgan fingerprint density at radius 2 is 1.94 bits per heavy atom. The van der Waals surface area contributed by atoms with E-state index in [1.54, 1.807) is 0 Å². The molecule has 0 aromatic heterocycles. The van der Waals surface area contributed by atoms with E-state index in [0.29, 0.717) is 18.5 Å². The van der Waals surface area contributed by atoms with Gasteiger partial charge < -0.3 is 15.1 Å². The third kappa shape index (κ3) is 4.28. The van der Waals surface area contributed by atoms with Crippen molar-refractivity contribution in [2.45, 2.75) is 39.3 Å². The van der Waals surface area contributed by atoms with Crippen molar-refractivity contribution in [2.24, 2.45) is 5.92 Å². The SMILES string of the molecule is CC1CN(C(=O)CNC(C)(C)C)CC1N(C)C. The quantitative estimate of drug-likeness (QED) is 0.793. The lowest BCUT2D eigenvalue weighted by Crippen LogP contribution is -2.45. The van der Waals surface area contributed by atoms with Crippen LogP contribution >= 0.6 is 0 Å². The van der Waals surface area contributed by atoms with Gasteiger partial charge in [-0.15, -0.1) is 0 Å². The molecule has 2 atom stereocenters. The molecular weight excluding hydrogens is 214 g/mol. The average molecular weight is 241 g/mol. The van der Waals surface area contributed by atoms with Gasteiger partial charge >= 0.3 is 0 Å². The van der Waals surface area contributed by atoms with E-state index in [-0.39, 0.29) is 11.4 Å². The Morgan fingerprint density at radius 1 is 1.35 bits per heavy atom. The average Bonchev–Trinajstić information content (AvgIpc) is 2.55. The Kier molecular flexibility index (Phi) is 4.55. The third-order valence-electron chi connectivity index (χ3n) is 3.36. The molecule has 0 spiro atoms. The number of likely N-dealkylation sites (tertiary alicyclic amines) is 1. The number of nitrogens with one attached hydrogen (secondary N) is 1. The van der Waals surface area contributed by atoms with Gasteiger partial charge in [0.1, 0.15) is 0 Å². The minimum absolute atomic E-state index is 0.00193. The van der Waals surface area contributed by atoms with Crippen molar-refractivity contribution in [3.63, 3.8) is 0 Å². The fourth-order valence-corrected chi connectivity index (χ4v) is 2.28. The van der Waals surface area contributed by atoms with Crippen LogP contribution < -0.4 is 5.32 Å². The molecule has 1 saturated heterocycles. The van der Waals surface area contributed by atoms with E-state index in [1.165, 1.54) is 0 Å². The van der Waals surface area contributed by atoms with Gasteiger partial charge in [-0.05, 0) is 40.8 Å². The zero-order valence-electron chi connectivity index (χ0n) is 12.1. The van der Waals surface area contributed by atoms with Gasteiger partial charge in [-0.25, -0.2) is 0 Å². The van der Waals surface area contributed by atoms with E-state index >= 15 is 0 Å². The third-order valence-corrected chi connectivity index (χ3v) is 3.36. The second-order valence-corrected chi connectivity index (χ2v) is 6.41. The van der Waals surface area contributed by atoms with Crippen LogP contribution in [-0.2, 0) is 4.79 Å². The molecule has 1 N–H and O–H groups in total. The number of hydrogen-bond acceptors (Lipinski definition) is 3. The molecule has 1 fully saturated rings. The van der Waals surface area contributed by atoms with Crippen molar-refractivity contribution in [1.29, 1.82) is 0 Å². The molecule has 4 nitrogen and oxygen atoms in total. The summed E-state index contributed by atoms with van der Waals surface area (Å²) in [5.74, 6) is 0.778. The predicted octanol–water partition coefficient (Wildman–Crippen LogP) is 0.783. The van der Waals surface area contributed by atoms with Gasteiger partial charge in [-0.3, -0.25) is 4.79 Å². The number of nitrogens with zero attached hydrogens (tertiary/aromatic N) is 2. The number of carbonyl (C=O) groups excluding carboxylic acids is 1. The summed E-state index contributed by atoms with van der Waals surface area (Å²) in [7, 11) is 4.17. The van der Waals surface area contributed by atoms with Crippen LogP contribution in [0, 0.1) is 5.92 Å². The molecule has 0 aromatic rings. The van der Waals surface area contributed by atoms with Gasteiger partial charge in [0, 0.05) is 24.7 Å². The summed E-state index contributed by atoms with van der Waals surface area (Å²) in [6.45, 7) is 10.6. The Labute approximate surface area is 105 Å². The summed E-state index contributed by atoms with van der Waals surface area (Å²) in [6, 6.07) is 0.494. The maximum atomic E-state index is 12.1. The molecular formula is C13H27N3O. The molecule has 0 saturated carbocycles. The van der Waals surface area contributed by atoms with E-state index in [9.17, 15) is 4.79 Å². The van der Waals surface area contributed by atoms with Crippen LogP contribution in [0.2, 0.25) is 0 Å². The molecule has 1 aliphatic rings. The molecule has 4 heteroatoms. The Hall–Kier alpha value is -0.610. The Balaban J connectivity index is 2.45. The highest BCUT2D eigenvalue weighted by Crippen LogP contribution is 2.19. The molecule has 0 aromatic carbocycles. The number of carbonyl (C=O) groups is 1. The van der Waals surface area contributed by atoms with Gasteiger partial charge in [0.25, 0.3) is 0 Å². The molecule has 17 heavy (non-hydrogen) atoms. The monoisotopic (exact) mass is 241 g/mol. The second-order valence-electron chi connectivity index (χ2n) is 6.41. The minimum atomic E-state index is 0.00193. The van der Waals surface area contributed by atoms with Gasteiger partial charge in [0.2, 0.25) is 5.91 Å². The first-order valence-electron chi connectivity index (χ1n) is 6.40. The fraction of sp³-hybridized carbons (Fsp3) is 0.923. The molecule has 1 rings (SSSR count). The lowest BCUT2D eigenvalue weighted by atomic mass is 10.1.